The van der Waals surface area contributed by atoms with Crippen molar-refractivity contribution in [1.29, 1.82) is 0 Å². The molecule has 0 saturated heterocycles. The van der Waals surface area contributed by atoms with Gasteiger partial charge in [-0.15, -0.1) is 0 Å². The molecule has 0 unspecified atom stereocenters. The summed E-state index contributed by atoms with van der Waals surface area (Å²) >= 11 is 5.90. The number of benzene rings is 1. The van der Waals surface area contributed by atoms with Crippen LogP contribution in [0.1, 0.15) is 0 Å². The predicted molar refractivity (Wildman–Crippen MR) is 58.1 cm³/mol. The van der Waals surface area contributed by atoms with E-state index < -0.39 is 10.0 Å². The molecule has 0 spiro atoms. The largest absolute Gasteiger partial charge is 0.256 e. The van der Waals surface area contributed by atoms with Crippen LogP contribution in [0.15, 0.2) is 35.4 Å². The molecule has 0 aliphatic heterocycles. The number of fused-ring (bicyclic) bond motifs is 1. The number of sulfonamides is 1. The molecule has 0 aliphatic rings. The van der Waals surface area contributed by atoms with Gasteiger partial charge in [-0.25, -0.2) is 13.6 Å². The Balaban J connectivity index is 2.81. The van der Waals surface area contributed by atoms with E-state index in [-0.39, 0.29) is 4.90 Å². The average molecular weight is 243 g/mol. The van der Waals surface area contributed by atoms with Gasteiger partial charge in [-0.1, -0.05) is 11.6 Å². The van der Waals surface area contributed by atoms with Gasteiger partial charge in [0.1, 0.15) is 0 Å². The molecule has 0 aliphatic carbocycles. The van der Waals surface area contributed by atoms with Crippen LogP contribution in [-0.2, 0) is 10.0 Å². The Bertz CT molecular complexity index is 625. The molecule has 0 fully saturated rings. The topological polar surface area (TPSA) is 73.1 Å². The lowest BCUT2D eigenvalue weighted by Gasteiger charge is -2.02. The Morgan fingerprint density at radius 3 is 2.67 bits per heavy atom. The highest BCUT2D eigenvalue weighted by Gasteiger charge is 2.09. The van der Waals surface area contributed by atoms with E-state index in [0.717, 1.165) is 0 Å². The zero-order valence-electron chi connectivity index (χ0n) is 7.51. The summed E-state index contributed by atoms with van der Waals surface area (Å²) in [6.07, 6.45) is 1.56. The monoisotopic (exact) mass is 242 g/mol. The average Bonchev–Trinajstić information content (AvgIpc) is 2.16. The van der Waals surface area contributed by atoms with Gasteiger partial charge in [0.15, 0.2) is 0 Å². The molecule has 0 saturated carbocycles. The van der Waals surface area contributed by atoms with Gasteiger partial charge in [0.2, 0.25) is 10.0 Å². The maximum Gasteiger partial charge on any atom is 0.238 e. The minimum Gasteiger partial charge on any atom is -0.256 e. The van der Waals surface area contributed by atoms with E-state index in [4.69, 9.17) is 16.7 Å². The molecule has 2 rings (SSSR count). The van der Waals surface area contributed by atoms with Gasteiger partial charge in [0.05, 0.1) is 15.4 Å². The first-order valence-electron chi connectivity index (χ1n) is 4.05. The molecule has 1 heterocycles. The highest BCUT2D eigenvalue weighted by Crippen LogP contribution is 2.23. The number of aromatic nitrogens is 1. The number of rotatable bonds is 1. The third-order valence-corrected chi connectivity index (χ3v) is 3.23. The van der Waals surface area contributed by atoms with E-state index in [9.17, 15) is 8.42 Å². The molecule has 2 aromatic rings. The SMILES string of the molecule is NS(=O)(=O)c1ccc2nccc(Cl)c2c1. The molecule has 0 atom stereocenters. The zero-order chi connectivity index (χ0) is 11.1. The third kappa shape index (κ3) is 1.94. The molecule has 15 heavy (non-hydrogen) atoms. The molecule has 1 aromatic carbocycles. The lowest BCUT2D eigenvalue weighted by atomic mass is 10.2. The normalized spacial score (nSPS) is 11.9. The van der Waals surface area contributed by atoms with Crippen LogP contribution in [0.3, 0.4) is 0 Å². The highest BCUT2D eigenvalue weighted by molar-refractivity contribution is 7.89. The standard InChI is InChI=1S/C9H7ClN2O2S/c10-8-3-4-12-9-2-1-6(5-7(8)9)15(11,13)14/h1-5H,(H2,11,13,14). The Kier molecular flexibility index (Phi) is 2.38. The maximum atomic E-state index is 11.1. The highest BCUT2D eigenvalue weighted by atomic mass is 35.5. The number of pyridine rings is 1. The first kappa shape index (κ1) is 10.4. The van der Waals surface area contributed by atoms with E-state index in [1.54, 1.807) is 18.3 Å². The van der Waals surface area contributed by atoms with E-state index in [1.807, 2.05) is 0 Å². The smallest absolute Gasteiger partial charge is 0.238 e. The summed E-state index contributed by atoms with van der Waals surface area (Å²) in [7, 11) is -3.70. The summed E-state index contributed by atoms with van der Waals surface area (Å²) in [5, 5.41) is 6.03. The second-order valence-corrected chi connectivity index (χ2v) is 4.99. The van der Waals surface area contributed by atoms with Crippen molar-refractivity contribution >= 4 is 32.5 Å². The molecule has 4 nitrogen and oxygen atoms in total. The molecular weight excluding hydrogens is 236 g/mol. The lowest BCUT2D eigenvalue weighted by molar-refractivity contribution is 0.598. The fourth-order valence-corrected chi connectivity index (χ4v) is 2.02. The summed E-state index contributed by atoms with van der Waals surface area (Å²) in [5.41, 5.74) is 0.634. The zero-order valence-corrected chi connectivity index (χ0v) is 9.09. The number of hydrogen-bond acceptors (Lipinski definition) is 3. The molecule has 0 radical (unpaired) electrons. The van der Waals surface area contributed by atoms with Crippen LogP contribution >= 0.6 is 11.6 Å². The minimum atomic E-state index is -3.70. The Morgan fingerprint density at radius 1 is 1.27 bits per heavy atom. The number of halogens is 1. The fraction of sp³-hybridized carbons (Fsp3) is 0. The molecule has 78 valence electrons. The number of nitrogens with zero attached hydrogens (tertiary/aromatic N) is 1. The van der Waals surface area contributed by atoms with E-state index in [1.165, 1.54) is 12.1 Å². The molecule has 1 aromatic heterocycles. The molecule has 6 heteroatoms. The summed E-state index contributed by atoms with van der Waals surface area (Å²) in [5.74, 6) is 0. The van der Waals surface area contributed by atoms with Gasteiger partial charge in [-0.3, -0.25) is 4.98 Å². The summed E-state index contributed by atoms with van der Waals surface area (Å²) in [6.45, 7) is 0. The van der Waals surface area contributed by atoms with Crippen LogP contribution in [-0.4, -0.2) is 13.4 Å². The minimum absolute atomic E-state index is 0.0323. The number of nitrogens with two attached hydrogens (primary N) is 1. The number of primary sulfonamides is 1. The summed E-state index contributed by atoms with van der Waals surface area (Å²) in [4.78, 5) is 4.08. The van der Waals surface area contributed by atoms with Crippen LogP contribution in [0, 0.1) is 0 Å². The number of hydrogen-bond donors (Lipinski definition) is 1. The van der Waals surface area contributed by atoms with Gasteiger partial charge >= 0.3 is 0 Å². The first-order valence-corrected chi connectivity index (χ1v) is 5.98. The first-order chi connectivity index (χ1) is 6.98. The van der Waals surface area contributed by atoms with Gasteiger partial charge in [-0.2, -0.15) is 0 Å². The van der Waals surface area contributed by atoms with Gasteiger partial charge in [0.25, 0.3) is 0 Å². The molecule has 0 bridgehead atoms. The van der Waals surface area contributed by atoms with E-state index in [2.05, 4.69) is 4.98 Å². The quantitative estimate of drug-likeness (QED) is 0.824. The van der Waals surface area contributed by atoms with Crippen LogP contribution in [0.5, 0.6) is 0 Å². The van der Waals surface area contributed by atoms with Crippen molar-refractivity contribution in [1.82, 2.24) is 4.98 Å². The van der Waals surface area contributed by atoms with Gasteiger partial charge in [-0.05, 0) is 24.3 Å². The van der Waals surface area contributed by atoms with Crippen molar-refractivity contribution in [2.75, 3.05) is 0 Å². The van der Waals surface area contributed by atoms with E-state index >= 15 is 0 Å². The van der Waals surface area contributed by atoms with Crippen molar-refractivity contribution in [2.45, 2.75) is 4.90 Å². The van der Waals surface area contributed by atoms with Gasteiger partial charge < -0.3 is 0 Å². The Morgan fingerprint density at radius 2 is 2.00 bits per heavy atom. The van der Waals surface area contributed by atoms with Crippen LogP contribution in [0.25, 0.3) is 10.9 Å². The Labute approximate surface area is 91.7 Å². The van der Waals surface area contributed by atoms with Crippen molar-refractivity contribution in [3.8, 4) is 0 Å². The third-order valence-electron chi connectivity index (χ3n) is 1.99. The lowest BCUT2D eigenvalue weighted by Crippen LogP contribution is -2.11. The maximum absolute atomic E-state index is 11.1. The van der Waals surface area contributed by atoms with Crippen LogP contribution in [0.2, 0.25) is 5.02 Å². The Hall–Kier alpha value is -1.17. The van der Waals surface area contributed by atoms with Crippen molar-refractivity contribution < 1.29 is 8.42 Å². The predicted octanol–water partition coefficient (Wildman–Crippen LogP) is 1.54. The van der Waals surface area contributed by atoms with E-state index in [0.29, 0.717) is 15.9 Å². The van der Waals surface area contributed by atoms with Gasteiger partial charge in [0, 0.05) is 11.6 Å². The van der Waals surface area contributed by atoms with Crippen molar-refractivity contribution in [3.05, 3.63) is 35.5 Å². The fourth-order valence-electron chi connectivity index (χ4n) is 1.27. The van der Waals surface area contributed by atoms with Crippen LogP contribution < -0.4 is 5.14 Å². The van der Waals surface area contributed by atoms with Crippen molar-refractivity contribution in [2.24, 2.45) is 5.14 Å². The second kappa shape index (κ2) is 3.44. The van der Waals surface area contributed by atoms with Crippen molar-refractivity contribution in [3.63, 3.8) is 0 Å². The summed E-state index contributed by atoms with van der Waals surface area (Å²) in [6, 6.07) is 5.98. The summed E-state index contributed by atoms with van der Waals surface area (Å²) < 4.78 is 22.2. The molecule has 2 N–H and O–H groups in total. The second-order valence-electron chi connectivity index (χ2n) is 3.02. The van der Waals surface area contributed by atoms with Crippen LogP contribution in [0.4, 0.5) is 0 Å². The molecular formula is C9H7ClN2O2S. The molecule has 0 amide bonds.